The maximum Gasteiger partial charge on any atom is 0.279 e. The first-order valence-electron chi connectivity index (χ1n) is 10.4. The molecule has 30 heavy (non-hydrogen) atoms. The number of thiazole rings is 1. The summed E-state index contributed by atoms with van der Waals surface area (Å²) in [6.07, 6.45) is 4.48. The second-order valence-electron chi connectivity index (χ2n) is 8.24. The van der Waals surface area contributed by atoms with Crippen molar-refractivity contribution >= 4 is 27.5 Å². The maximum atomic E-state index is 13.8. The topological polar surface area (TPSA) is 54.5 Å². The Balaban J connectivity index is 1.23. The highest BCUT2D eigenvalue weighted by atomic mass is 32.1. The molecule has 5 rings (SSSR count). The van der Waals surface area contributed by atoms with Gasteiger partial charge in [-0.3, -0.25) is 9.69 Å². The molecule has 2 unspecified atom stereocenters. The zero-order valence-electron chi connectivity index (χ0n) is 16.8. The standard InChI is InChI=1S/C23H24FN3O2S/c1-14(28)25-16-11-17-7-8-18(12-16)27(17)13-15-5-9-19(10-6-15)29-23-26-22-20(24)3-2-4-21(22)30-23/h2-6,9-10,16-18H,7-8,11-13H2,1H3,(H,25,28). The monoisotopic (exact) mass is 425 g/mol. The zero-order chi connectivity index (χ0) is 20.7. The van der Waals surface area contributed by atoms with Crippen LogP contribution in [0.15, 0.2) is 42.5 Å². The summed E-state index contributed by atoms with van der Waals surface area (Å²) in [6, 6.07) is 14.4. The Hall–Kier alpha value is -2.51. The number of nitrogens with one attached hydrogen (secondary N) is 1. The van der Waals surface area contributed by atoms with E-state index in [0.29, 0.717) is 34.6 Å². The Morgan fingerprint density at radius 2 is 1.93 bits per heavy atom. The summed E-state index contributed by atoms with van der Waals surface area (Å²) in [7, 11) is 0. The van der Waals surface area contributed by atoms with Gasteiger partial charge in [0.15, 0.2) is 0 Å². The van der Waals surface area contributed by atoms with E-state index in [-0.39, 0.29) is 11.7 Å². The van der Waals surface area contributed by atoms with Crippen LogP contribution in [0.1, 0.15) is 38.2 Å². The van der Waals surface area contributed by atoms with Gasteiger partial charge in [0.2, 0.25) is 5.91 Å². The molecule has 2 saturated heterocycles. The fourth-order valence-corrected chi connectivity index (χ4v) is 5.70. The molecule has 1 aromatic heterocycles. The zero-order valence-corrected chi connectivity index (χ0v) is 17.6. The number of halogens is 1. The lowest BCUT2D eigenvalue weighted by atomic mass is 9.96. The molecule has 156 valence electrons. The van der Waals surface area contributed by atoms with Gasteiger partial charge in [0.1, 0.15) is 17.1 Å². The van der Waals surface area contributed by atoms with Crippen molar-refractivity contribution in [1.29, 1.82) is 0 Å². The lowest BCUT2D eigenvalue weighted by Gasteiger charge is -2.39. The molecule has 0 spiro atoms. The third kappa shape index (κ3) is 3.91. The van der Waals surface area contributed by atoms with Gasteiger partial charge in [-0.15, -0.1) is 0 Å². The maximum absolute atomic E-state index is 13.8. The van der Waals surface area contributed by atoms with Gasteiger partial charge in [-0.2, -0.15) is 4.98 Å². The van der Waals surface area contributed by atoms with E-state index in [1.807, 2.05) is 18.2 Å². The lowest BCUT2D eigenvalue weighted by Crippen LogP contribution is -2.49. The molecule has 2 aliphatic heterocycles. The number of rotatable bonds is 5. The molecule has 2 atom stereocenters. The Labute approximate surface area is 178 Å². The Morgan fingerprint density at radius 1 is 1.20 bits per heavy atom. The van der Waals surface area contributed by atoms with Crippen LogP contribution in [0.3, 0.4) is 0 Å². The molecule has 0 saturated carbocycles. The molecule has 2 aromatic carbocycles. The number of carbonyl (C=O) groups excluding carboxylic acids is 1. The van der Waals surface area contributed by atoms with Crippen molar-refractivity contribution in [3.05, 3.63) is 53.8 Å². The number of hydrogen-bond donors (Lipinski definition) is 1. The molecule has 3 heterocycles. The van der Waals surface area contributed by atoms with Gasteiger partial charge in [0.05, 0.1) is 4.70 Å². The molecular formula is C23H24FN3O2S. The van der Waals surface area contributed by atoms with E-state index >= 15 is 0 Å². The van der Waals surface area contributed by atoms with Gasteiger partial charge in [0.25, 0.3) is 5.19 Å². The summed E-state index contributed by atoms with van der Waals surface area (Å²) in [4.78, 5) is 18.2. The van der Waals surface area contributed by atoms with Crippen LogP contribution in [-0.4, -0.2) is 33.9 Å². The van der Waals surface area contributed by atoms with Crippen molar-refractivity contribution in [2.24, 2.45) is 0 Å². The molecule has 1 N–H and O–H groups in total. The molecular weight excluding hydrogens is 401 g/mol. The van der Waals surface area contributed by atoms with Crippen LogP contribution in [0.2, 0.25) is 0 Å². The van der Waals surface area contributed by atoms with Crippen molar-refractivity contribution in [2.75, 3.05) is 0 Å². The lowest BCUT2D eigenvalue weighted by molar-refractivity contribution is -0.120. The van der Waals surface area contributed by atoms with E-state index in [1.165, 1.54) is 35.8 Å². The van der Waals surface area contributed by atoms with Crippen LogP contribution in [0, 0.1) is 5.82 Å². The Bertz CT molecular complexity index is 1050. The average Bonchev–Trinajstić information content (AvgIpc) is 3.21. The number of benzene rings is 2. The smallest absolute Gasteiger partial charge is 0.279 e. The van der Waals surface area contributed by atoms with Crippen LogP contribution in [0.25, 0.3) is 10.2 Å². The number of carbonyl (C=O) groups is 1. The first kappa shape index (κ1) is 19.5. The van der Waals surface area contributed by atoms with Crippen molar-refractivity contribution in [2.45, 2.75) is 57.3 Å². The van der Waals surface area contributed by atoms with E-state index < -0.39 is 0 Å². The van der Waals surface area contributed by atoms with Crippen molar-refractivity contribution in [3.63, 3.8) is 0 Å². The van der Waals surface area contributed by atoms with E-state index in [0.717, 1.165) is 24.1 Å². The molecule has 0 aliphatic carbocycles. The number of fused-ring (bicyclic) bond motifs is 3. The third-order valence-electron chi connectivity index (χ3n) is 6.14. The van der Waals surface area contributed by atoms with Crippen LogP contribution < -0.4 is 10.1 Å². The fraction of sp³-hybridized carbons (Fsp3) is 0.391. The largest absolute Gasteiger partial charge is 0.431 e. The van der Waals surface area contributed by atoms with Gasteiger partial charge < -0.3 is 10.1 Å². The number of aromatic nitrogens is 1. The Morgan fingerprint density at radius 3 is 2.60 bits per heavy atom. The van der Waals surface area contributed by atoms with Gasteiger partial charge in [-0.1, -0.05) is 29.5 Å². The van der Waals surface area contributed by atoms with Crippen LogP contribution in [-0.2, 0) is 11.3 Å². The molecule has 2 bridgehead atoms. The molecule has 5 nitrogen and oxygen atoms in total. The summed E-state index contributed by atoms with van der Waals surface area (Å²) >= 11 is 1.34. The minimum absolute atomic E-state index is 0.0688. The first-order valence-corrected chi connectivity index (χ1v) is 11.2. The molecule has 2 fully saturated rings. The van der Waals surface area contributed by atoms with Gasteiger partial charge in [0, 0.05) is 31.6 Å². The number of hydrogen-bond acceptors (Lipinski definition) is 5. The molecule has 2 aliphatic rings. The normalized spacial score (nSPS) is 23.6. The minimum Gasteiger partial charge on any atom is -0.431 e. The summed E-state index contributed by atoms with van der Waals surface area (Å²) in [5.41, 5.74) is 1.60. The highest BCUT2D eigenvalue weighted by Gasteiger charge is 2.40. The summed E-state index contributed by atoms with van der Waals surface area (Å²) in [5.74, 6) is 0.440. The summed E-state index contributed by atoms with van der Waals surface area (Å²) in [6.45, 7) is 2.51. The van der Waals surface area contributed by atoms with E-state index in [9.17, 15) is 9.18 Å². The molecule has 3 aromatic rings. The van der Waals surface area contributed by atoms with E-state index in [2.05, 4.69) is 27.3 Å². The highest BCUT2D eigenvalue weighted by molar-refractivity contribution is 7.20. The predicted molar refractivity (Wildman–Crippen MR) is 115 cm³/mol. The number of amides is 1. The quantitative estimate of drug-likeness (QED) is 0.634. The van der Waals surface area contributed by atoms with Crippen molar-refractivity contribution in [1.82, 2.24) is 15.2 Å². The fourth-order valence-electron chi connectivity index (χ4n) is 4.85. The number of nitrogens with zero attached hydrogens (tertiary/aromatic N) is 2. The van der Waals surface area contributed by atoms with Gasteiger partial charge in [-0.25, -0.2) is 4.39 Å². The predicted octanol–water partition coefficient (Wildman–Crippen LogP) is 4.86. The van der Waals surface area contributed by atoms with E-state index in [4.69, 9.17) is 4.74 Å². The van der Waals surface area contributed by atoms with Crippen LogP contribution in [0.5, 0.6) is 10.9 Å². The molecule has 1 amide bonds. The highest BCUT2D eigenvalue weighted by Crippen LogP contribution is 2.37. The first-order chi connectivity index (χ1) is 14.5. The number of para-hydroxylation sites is 1. The second-order valence-corrected chi connectivity index (χ2v) is 9.23. The summed E-state index contributed by atoms with van der Waals surface area (Å²) in [5, 5.41) is 3.55. The van der Waals surface area contributed by atoms with Gasteiger partial charge >= 0.3 is 0 Å². The SMILES string of the molecule is CC(=O)NC1CC2CCC(C1)N2Cc1ccc(Oc2nc3c(F)cccc3s2)cc1. The van der Waals surface area contributed by atoms with Crippen LogP contribution >= 0.6 is 11.3 Å². The summed E-state index contributed by atoms with van der Waals surface area (Å²) < 4.78 is 20.5. The van der Waals surface area contributed by atoms with E-state index in [1.54, 1.807) is 13.0 Å². The molecule has 7 heteroatoms. The second kappa shape index (κ2) is 7.96. The number of ether oxygens (including phenoxy) is 1. The van der Waals surface area contributed by atoms with Crippen LogP contribution in [0.4, 0.5) is 4.39 Å². The van der Waals surface area contributed by atoms with Crippen molar-refractivity contribution < 1.29 is 13.9 Å². The minimum atomic E-state index is -0.328. The van der Waals surface area contributed by atoms with Crippen molar-refractivity contribution in [3.8, 4) is 10.9 Å². The number of piperidine rings is 1. The van der Waals surface area contributed by atoms with Gasteiger partial charge in [-0.05, 0) is 55.5 Å². The molecule has 0 radical (unpaired) electrons. The average molecular weight is 426 g/mol. The third-order valence-corrected chi connectivity index (χ3v) is 7.03. The Kier molecular flexibility index (Phi) is 5.16.